The Morgan fingerprint density at radius 1 is 0.875 bits per heavy atom. The summed E-state index contributed by atoms with van der Waals surface area (Å²) < 4.78 is 0. The van der Waals surface area contributed by atoms with E-state index in [0.717, 1.165) is 25.7 Å². The van der Waals surface area contributed by atoms with Gasteiger partial charge in [-0.3, -0.25) is 29.8 Å². The molecule has 0 amide bonds. The highest BCUT2D eigenvalue weighted by Gasteiger charge is 2.20. The van der Waals surface area contributed by atoms with Crippen molar-refractivity contribution in [1.29, 1.82) is 0 Å². The zero-order chi connectivity index (χ0) is 23.8. The highest BCUT2D eigenvalue weighted by molar-refractivity contribution is 6.32. The molecule has 1 fully saturated rings. The predicted octanol–water partition coefficient (Wildman–Crippen LogP) is 5.99. The highest BCUT2D eigenvalue weighted by Crippen LogP contribution is 2.29. The summed E-state index contributed by atoms with van der Waals surface area (Å²) in [5, 5.41) is 24.8. The summed E-state index contributed by atoms with van der Waals surface area (Å²) in [6.07, 6.45) is 5.66. The SMILES string of the molecule is CC(=O)c1ccc(Cl)c([N+](=O)[O-])c1.CC(=O)c1ccc(NC2CCCCC2)c([N+](=O)[O-])c1. The number of nitrogens with one attached hydrogen (secondary N) is 1. The van der Waals surface area contributed by atoms with Crippen LogP contribution in [0.3, 0.4) is 0 Å². The van der Waals surface area contributed by atoms with Crippen LogP contribution in [0, 0.1) is 20.2 Å². The molecule has 2 aromatic carbocycles. The molecule has 170 valence electrons. The van der Waals surface area contributed by atoms with Gasteiger partial charge in [0.05, 0.1) is 9.85 Å². The van der Waals surface area contributed by atoms with E-state index < -0.39 is 9.85 Å². The van der Waals surface area contributed by atoms with Crippen molar-refractivity contribution in [2.75, 3.05) is 5.32 Å². The molecular weight excluding hydrogens is 438 g/mol. The molecule has 3 rings (SSSR count). The Kier molecular flexibility index (Phi) is 8.83. The van der Waals surface area contributed by atoms with Crippen molar-refractivity contribution in [2.45, 2.75) is 52.0 Å². The van der Waals surface area contributed by atoms with Gasteiger partial charge in [-0.05, 0) is 51.0 Å². The Hall–Kier alpha value is -3.33. The van der Waals surface area contributed by atoms with Crippen molar-refractivity contribution in [3.8, 4) is 0 Å². The monoisotopic (exact) mass is 461 g/mol. The van der Waals surface area contributed by atoms with Crippen LogP contribution < -0.4 is 5.32 Å². The highest BCUT2D eigenvalue weighted by atomic mass is 35.5. The number of anilines is 1. The summed E-state index contributed by atoms with van der Waals surface area (Å²) in [6.45, 7) is 2.75. The lowest BCUT2D eigenvalue weighted by Crippen LogP contribution is -2.22. The number of Topliss-reactive ketones (excluding diaryl/α,β-unsaturated/α-hetero) is 2. The molecule has 0 aliphatic heterocycles. The second-order valence-electron chi connectivity index (χ2n) is 7.50. The summed E-state index contributed by atoms with van der Waals surface area (Å²) in [4.78, 5) is 42.6. The number of hydrogen-bond donors (Lipinski definition) is 1. The number of carbonyl (C=O) groups is 2. The molecule has 9 nitrogen and oxygen atoms in total. The number of benzene rings is 2. The van der Waals surface area contributed by atoms with E-state index in [1.807, 2.05) is 0 Å². The predicted molar refractivity (Wildman–Crippen MR) is 122 cm³/mol. The van der Waals surface area contributed by atoms with E-state index in [-0.39, 0.29) is 33.5 Å². The van der Waals surface area contributed by atoms with Crippen molar-refractivity contribution in [3.63, 3.8) is 0 Å². The summed E-state index contributed by atoms with van der Waals surface area (Å²) in [5.74, 6) is -0.382. The first kappa shape index (κ1) is 24.9. The van der Waals surface area contributed by atoms with Gasteiger partial charge >= 0.3 is 0 Å². The molecule has 1 aliphatic carbocycles. The third-order valence-electron chi connectivity index (χ3n) is 5.12. The van der Waals surface area contributed by atoms with Gasteiger partial charge in [0, 0.05) is 29.3 Å². The van der Waals surface area contributed by atoms with Gasteiger partial charge in [0.1, 0.15) is 10.7 Å². The van der Waals surface area contributed by atoms with Gasteiger partial charge in [-0.25, -0.2) is 0 Å². The lowest BCUT2D eigenvalue weighted by Gasteiger charge is -2.23. The smallest absolute Gasteiger partial charge is 0.293 e. The first-order valence-corrected chi connectivity index (χ1v) is 10.5. The third kappa shape index (κ3) is 6.84. The third-order valence-corrected chi connectivity index (χ3v) is 5.43. The van der Waals surface area contributed by atoms with E-state index in [1.54, 1.807) is 12.1 Å². The second kappa shape index (κ2) is 11.3. The normalized spacial score (nSPS) is 13.5. The molecule has 0 unspecified atom stereocenters. The maximum atomic E-state index is 11.3. The van der Waals surface area contributed by atoms with Gasteiger partial charge in [-0.1, -0.05) is 30.9 Å². The van der Waals surface area contributed by atoms with Crippen molar-refractivity contribution < 1.29 is 19.4 Å². The molecule has 32 heavy (non-hydrogen) atoms. The number of nitrogens with zero attached hydrogens (tertiary/aromatic N) is 2. The Bertz CT molecular complexity index is 1030. The fraction of sp³-hybridized carbons (Fsp3) is 0.364. The van der Waals surface area contributed by atoms with E-state index in [4.69, 9.17) is 11.6 Å². The molecule has 2 aromatic rings. The molecule has 0 saturated heterocycles. The molecule has 1 N–H and O–H groups in total. The molecule has 10 heteroatoms. The fourth-order valence-electron chi connectivity index (χ4n) is 3.36. The van der Waals surface area contributed by atoms with Gasteiger partial charge in [-0.2, -0.15) is 0 Å². The van der Waals surface area contributed by atoms with E-state index in [1.165, 1.54) is 44.5 Å². The van der Waals surface area contributed by atoms with E-state index in [0.29, 0.717) is 17.3 Å². The molecule has 1 aliphatic rings. The second-order valence-corrected chi connectivity index (χ2v) is 7.91. The summed E-state index contributed by atoms with van der Waals surface area (Å²) >= 11 is 5.54. The molecular formula is C22H24ClN3O6. The van der Waals surface area contributed by atoms with Gasteiger partial charge < -0.3 is 5.32 Å². The van der Waals surface area contributed by atoms with Crippen LogP contribution in [0.4, 0.5) is 17.1 Å². The Morgan fingerprint density at radius 2 is 1.38 bits per heavy atom. The van der Waals surface area contributed by atoms with Gasteiger partial charge in [-0.15, -0.1) is 0 Å². The number of halogens is 1. The van der Waals surface area contributed by atoms with Crippen LogP contribution in [0.25, 0.3) is 0 Å². The van der Waals surface area contributed by atoms with E-state index >= 15 is 0 Å². The number of nitro benzene ring substituents is 2. The van der Waals surface area contributed by atoms with E-state index in [9.17, 15) is 29.8 Å². The van der Waals surface area contributed by atoms with Crippen LogP contribution in [0.2, 0.25) is 5.02 Å². The van der Waals surface area contributed by atoms with Crippen molar-refractivity contribution in [3.05, 3.63) is 72.8 Å². The summed E-state index contributed by atoms with van der Waals surface area (Å²) in [7, 11) is 0. The minimum atomic E-state index is -0.616. The number of hydrogen-bond acceptors (Lipinski definition) is 7. The molecule has 0 spiro atoms. The van der Waals surface area contributed by atoms with Crippen molar-refractivity contribution in [2.24, 2.45) is 0 Å². The lowest BCUT2D eigenvalue weighted by molar-refractivity contribution is -0.384. The molecule has 0 heterocycles. The summed E-state index contributed by atoms with van der Waals surface area (Å²) in [5.41, 5.74) is 0.923. The van der Waals surface area contributed by atoms with Crippen LogP contribution in [0.5, 0.6) is 0 Å². The first-order chi connectivity index (χ1) is 15.1. The minimum Gasteiger partial charge on any atom is -0.377 e. The van der Waals surface area contributed by atoms with Crippen LogP contribution in [-0.4, -0.2) is 27.5 Å². The molecule has 0 bridgehead atoms. The maximum absolute atomic E-state index is 11.3. The van der Waals surface area contributed by atoms with Crippen LogP contribution in [0.15, 0.2) is 36.4 Å². The molecule has 1 saturated carbocycles. The van der Waals surface area contributed by atoms with Gasteiger partial charge in [0.25, 0.3) is 11.4 Å². The fourth-order valence-corrected chi connectivity index (χ4v) is 3.55. The van der Waals surface area contributed by atoms with Crippen LogP contribution >= 0.6 is 11.6 Å². The van der Waals surface area contributed by atoms with E-state index in [2.05, 4.69) is 5.32 Å². The number of carbonyl (C=O) groups excluding carboxylic acids is 2. The zero-order valence-electron chi connectivity index (χ0n) is 17.8. The average Bonchev–Trinajstić information content (AvgIpc) is 2.74. The Balaban J connectivity index is 0.000000244. The standard InChI is InChI=1S/C14H18N2O3.C8H6ClNO3/c1-10(17)11-7-8-13(14(9-11)16(18)19)15-12-5-3-2-4-6-12;1-5(11)6-2-3-7(9)8(4-6)10(12)13/h7-9,12,15H,2-6H2,1H3;2-4H,1H3. The Labute approximate surface area is 190 Å². The summed E-state index contributed by atoms with van der Waals surface area (Å²) in [6, 6.07) is 8.91. The van der Waals surface area contributed by atoms with Crippen LogP contribution in [0.1, 0.15) is 66.7 Å². The maximum Gasteiger partial charge on any atom is 0.293 e. The first-order valence-electron chi connectivity index (χ1n) is 10.1. The molecule has 0 radical (unpaired) electrons. The van der Waals surface area contributed by atoms with Gasteiger partial charge in [0.2, 0.25) is 0 Å². The number of nitro groups is 2. The minimum absolute atomic E-state index is 0.0155. The van der Waals surface area contributed by atoms with Gasteiger partial charge in [0.15, 0.2) is 11.6 Å². The number of ketones is 2. The molecule has 0 aromatic heterocycles. The molecule has 0 atom stereocenters. The quantitative estimate of drug-likeness (QED) is 0.317. The zero-order valence-corrected chi connectivity index (χ0v) is 18.6. The average molecular weight is 462 g/mol. The van der Waals surface area contributed by atoms with Crippen molar-refractivity contribution in [1.82, 2.24) is 0 Å². The van der Waals surface area contributed by atoms with Crippen molar-refractivity contribution >= 4 is 40.2 Å². The Morgan fingerprint density at radius 3 is 1.88 bits per heavy atom. The lowest BCUT2D eigenvalue weighted by atomic mass is 9.95. The van der Waals surface area contributed by atoms with Crippen LogP contribution in [-0.2, 0) is 0 Å². The topological polar surface area (TPSA) is 132 Å². The number of rotatable bonds is 6. The largest absolute Gasteiger partial charge is 0.377 e.